The lowest BCUT2D eigenvalue weighted by Gasteiger charge is -2.13. The molecule has 0 fully saturated rings. The van der Waals surface area contributed by atoms with Gasteiger partial charge in [-0.25, -0.2) is 14.5 Å². The number of oxazole rings is 1. The third-order valence-electron chi connectivity index (χ3n) is 4.74. The first-order valence-electron chi connectivity index (χ1n) is 10.0. The van der Waals surface area contributed by atoms with E-state index in [2.05, 4.69) is 15.4 Å². The maximum atomic E-state index is 13.7. The SMILES string of the molecule is CCOC(=O)c1cnn(-c2ccc(C(=O)Nc3cccc(-c4cnco4)c3)cc2)c1C(F)(F)F. The maximum absolute atomic E-state index is 13.7. The Morgan fingerprint density at radius 2 is 1.88 bits per heavy atom. The van der Waals surface area contributed by atoms with Gasteiger partial charge in [-0.3, -0.25) is 4.79 Å². The van der Waals surface area contributed by atoms with Crippen molar-refractivity contribution in [1.29, 1.82) is 0 Å². The summed E-state index contributed by atoms with van der Waals surface area (Å²) in [5, 5.41) is 6.44. The number of alkyl halides is 3. The smallest absolute Gasteiger partial charge is 0.434 e. The molecule has 1 amide bonds. The van der Waals surface area contributed by atoms with E-state index in [1.165, 1.54) is 43.8 Å². The van der Waals surface area contributed by atoms with Crippen molar-refractivity contribution in [3.8, 4) is 17.0 Å². The largest absolute Gasteiger partial charge is 0.462 e. The average Bonchev–Trinajstić information content (AvgIpc) is 3.50. The quantitative estimate of drug-likeness (QED) is 0.399. The summed E-state index contributed by atoms with van der Waals surface area (Å²) in [4.78, 5) is 28.4. The number of nitrogens with zero attached hydrogens (tertiary/aromatic N) is 3. The highest BCUT2D eigenvalue weighted by Crippen LogP contribution is 2.34. The minimum absolute atomic E-state index is 0.0201. The lowest BCUT2D eigenvalue weighted by Crippen LogP contribution is -2.18. The fraction of sp³-hybridized carbons (Fsp3) is 0.130. The molecule has 0 unspecified atom stereocenters. The van der Waals surface area contributed by atoms with Gasteiger partial charge in [-0.15, -0.1) is 0 Å². The highest BCUT2D eigenvalue weighted by Gasteiger charge is 2.41. The molecule has 0 saturated carbocycles. The van der Waals surface area contributed by atoms with Crippen molar-refractivity contribution >= 4 is 17.6 Å². The van der Waals surface area contributed by atoms with Crippen LogP contribution >= 0.6 is 0 Å². The van der Waals surface area contributed by atoms with Crippen molar-refractivity contribution in [1.82, 2.24) is 14.8 Å². The van der Waals surface area contributed by atoms with Gasteiger partial charge in [-0.05, 0) is 43.3 Å². The van der Waals surface area contributed by atoms with Crippen molar-refractivity contribution in [3.05, 3.63) is 84.1 Å². The zero-order chi connectivity index (χ0) is 24.3. The lowest BCUT2D eigenvalue weighted by atomic mass is 10.1. The van der Waals surface area contributed by atoms with E-state index in [-0.39, 0.29) is 17.9 Å². The second-order valence-corrected chi connectivity index (χ2v) is 6.98. The Bertz CT molecular complexity index is 1310. The molecule has 8 nitrogen and oxygen atoms in total. The summed E-state index contributed by atoms with van der Waals surface area (Å²) in [7, 11) is 0. The molecule has 0 aliphatic heterocycles. The van der Waals surface area contributed by atoms with Crippen LogP contribution in [-0.2, 0) is 10.9 Å². The average molecular weight is 470 g/mol. The van der Waals surface area contributed by atoms with Gasteiger partial charge in [0, 0.05) is 16.8 Å². The van der Waals surface area contributed by atoms with Gasteiger partial charge >= 0.3 is 12.1 Å². The van der Waals surface area contributed by atoms with Crippen LogP contribution in [0, 0.1) is 0 Å². The predicted octanol–water partition coefficient (Wildman–Crippen LogP) is 4.98. The number of hydrogen-bond donors (Lipinski definition) is 1. The molecule has 1 N–H and O–H groups in total. The minimum Gasteiger partial charge on any atom is -0.462 e. The van der Waals surface area contributed by atoms with E-state index >= 15 is 0 Å². The number of hydrogen-bond acceptors (Lipinski definition) is 6. The summed E-state index contributed by atoms with van der Waals surface area (Å²) in [6, 6.07) is 12.2. The van der Waals surface area contributed by atoms with E-state index in [9.17, 15) is 22.8 Å². The number of ether oxygens (including phenoxy) is 1. The minimum atomic E-state index is -4.86. The fourth-order valence-corrected chi connectivity index (χ4v) is 3.24. The normalized spacial score (nSPS) is 11.3. The molecule has 0 atom stereocenters. The van der Waals surface area contributed by atoms with Gasteiger partial charge in [-0.1, -0.05) is 12.1 Å². The van der Waals surface area contributed by atoms with Crippen molar-refractivity contribution < 1.29 is 31.9 Å². The molecule has 174 valence electrons. The molecular formula is C23H17F3N4O4. The lowest BCUT2D eigenvalue weighted by molar-refractivity contribution is -0.143. The number of nitrogens with one attached hydrogen (secondary N) is 1. The summed E-state index contributed by atoms with van der Waals surface area (Å²) in [5.74, 6) is -1.06. The molecular weight excluding hydrogens is 453 g/mol. The highest BCUT2D eigenvalue weighted by atomic mass is 19.4. The first kappa shape index (κ1) is 22.8. The van der Waals surface area contributed by atoms with Crippen LogP contribution in [0.2, 0.25) is 0 Å². The van der Waals surface area contributed by atoms with Crippen LogP contribution in [0.25, 0.3) is 17.0 Å². The van der Waals surface area contributed by atoms with E-state index in [0.29, 0.717) is 21.7 Å². The van der Waals surface area contributed by atoms with Gasteiger partial charge in [0.1, 0.15) is 5.56 Å². The predicted molar refractivity (Wildman–Crippen MR) is 114 cm³/mol. The van der Waals surface area contributed by atoms with Crippen LogP contribution in [0.3, 0.4) is 0 Å². The first-order chi connectivity index (χ1) is 16.3. The van der Waals surface area contributed by atoms with Crippen molar-refractivity contribution in [2.24, 2.45) is 0 Å². The van der Waals surface area contributed by atoms with Crippen LogP contribution < -0.4 is 5.32 Å². The molecule has 0 saturated heterocycles. The summed E-state index contributed by atoms with van der Waals surface area (Å²) in [6.07, 6.45) is -1.22. The van der Waals surface area contributed by atoms with Crippen molar-refractivity contribution in [3.63, 3.8) is 0 Å². The number of amides is 1. The third-order valence-corrected chi connectivity index (χ3v) is 4.74. The molecule has 4 rings (SSSR count). The third kappa shape index (κ3) is 4.68. The van der Waals surface area contributed by atoms with Gasteiger partial charge in [-0.2, -0.15) is 18.3 Å². The van der Waals surface area contributed by atoms with Gasteiger partial charge in [0.05, 0.1) is 24.7 Å². The Kier molecular flexibility index (Phi) is 6.17. The van der Waals surface area contributed by atoms with E-state index < -0.39 is 29.3 Å². The van der Waals surface area contributed by atoms with Crippen LogP contribution in [0.15, 0.2) is 71.7 Å². The molecule has 0 aliphatic rings. The molecule has 2 aromatic heterocycles. The number of esters is 1. The molecule has 0 spiro atoms. The van der Waals surface area contributed by atoms with Crippen molar-refractivity contribution in [2.45, 2.75) is 13.1 Å². The van der Waals surface area contributed by atoms with Gasteiger partial charge < -0.3 is 14.5 Å². The summed E-state index contributed by atoms with van der Waals surface area (Å²) in [5.41, 5.74) is -0.517. The van der Waals surface area contributed by atoms with Crippen LogP contribution in [0.4, 0.5) is 18.9 Å². The standard InChI is InChI=1S/C23H17F3N4O4/c1-2-33-22(32)18-11-28-30(20(18)23(24,25)26)17-8-6-14(7-9-17)21(31)29-16-5-3-4-15(10-16)19-12-27-13-34-19/h3-13H,2H2,1H3,(H,29,31). The summed E-state index contributed by atoms with van der Waals surface area (Å²) < 4.78 is 51.5. The number of rotatable bonds is 6. The van der Waals surface area contributed by atoms with E-state index in [4.69, 9.17) is 9.15 Å². The Hall–Kier alpha value is -4.41. The Balaban J connectivity index is 1.57. The number of carbonyl (C=O) groups excluding carboxylic acids is 2. The van der Waals surface area contributed by atoms with Crippen molar-refractivity contribution in [2.75, 3.05) is 11.9 Å². The number of benzene rings is 2. The zero-order valence-electron chi connectivity index (χ0n) is 17.7. The Labute approximate surface area is 191 Å². The number of halogens is 3. The van der Waals surface area contributed by atoms with Gasteiger partial charge in [0.25, 0.3) is 5.91 Å². The fourth-order valence-electron chi connectivity index (χ4n) is 3.24. The molecule has 2 heterocycles. The second-order valence-electron chi connectivity index (χ2n) is 6.98. The molecule has 11 heteroatoms. The van der Waals surface area contributed by atoms with Gasteiger partial charge in [0.15, 0.2) is 17.8 Å². The van der Waals surface area contributed by atoms with E-state index in [0.717, 1.165) is 6.20 Å². The molecule has 0 aliphatic carbocycles. The Morgan fingerprint density at radius 3 is 2.53 bits per heavy atom. The molecule has 0 radical (unpaired) electrons. The van der Waals surface area contributed by atoms with Crippen LogP contribution in [0.1, 0.15) is 33.3 Å². The second kappa shape index (κ2) is 9.22. The Morgan fingerprint density at radius 1 is 1.12 bits per heavy atom. The zero-order valence-corrected chi connectivity index (χ0v) is 17.7. The highest BCUT2D eigenvalue weighted by molar-refractivity contribution is 6.04. The molecule has 34 heavy (non-hydrogen) atoms. The van der Waals surface area contributed by atoms with Crippen LogP contribution in [-0.4, -0.2) is 33.2 Å². The molecule has 4 aromatic rings. The first-order valence-corrected chi connectivity index (χ1v) is 10.0. The number of aromatic nitrogens is 3. The molecule has 0 bridgehead atoms. The number of carbonyl (C=O) groups is 2. The van der Waals surface area contributed by atoms with E-state index in [1.54, 1.807) is 24.3 Å². The summed E-state index contributed by atoms with van der Waals surface area (Å²) in [6.45, 7) is 1.41. The summed E-state index contributed by atoms with van der Waals surface area (Å²) >= 11 is 0. The maximum Gasteiger partial charge on any atom is 0.434 e. The van der Waals surface area contributed by atoms with Gasteiger partial charge in [0.2, 0.25) is 0 Å². The monoisotopic (exact) mass is 470 g/mol. The molecule has 2 aromatic carbocycles. The van der Waals surface area contributed by atoms with Crippen LogP contribution in [0.5, 0.6) is 0 Å². The number of anilines is 1. The topological polar surface area (TPSA) is 99.2 Å². The van der Waals surface area contributed by atoms with E-state index in [1.807, 2.05) is 0 Å².